The Morgan fingerprint density at radius 3 is 2.94 bits per heavy atom. The van der Waals surface area contributed by atoms with E-state index in [-0.39, 0.29) is 5.78 Å². The maximum atomic E-state index is 11.9. The number of aryl methyl sites for hydroxylation is 2. The predicted molar refractivity (Wildman–Crippen MR) is 70.3 cm³/mol. The minimum atomic E-state index is -0.00426. The van der Waals surface area contributed by atoms with E-state index in [0.717, 1.165) is 4.88 Å². The van der Waals surface area contributed by atoms with E-state index in [9.17, 15) is 4.79 Å². The maximum absolute atomic E-state index is 11.9. The quantitative estimate of drug-likeness (QED) is 0.613. The number of rotatable bonds is 4. The number of aromatic nitrogens is 2. The van der Waals surface area contributed by atoms with Gasteiger partial charge in [-0.2, -0.15) is 5.10 Å². The summed E-state index contributed by atoms with van der Waals surface area (Å²) in [4.78, 5) is 14.3. The van der Waals surface area contributed by atoms with Gasteiger partial charge in [-0.15, -0.1) is 11.3 Å². The fourth-order valence-corrected chi connectivity index (χ4v) is 2.36. The fourth-order valence-electron chi connectivity index (χ4n) is 1.58. The average molecular weight is 246 g/mol. The second kappa shape index (κ2) is 5.10. The summed E-state index contributed by atoms with van der Waals surface area (Å²) in [6.07, 6.45) is 5.11. The van der Waals surface area contributed by atoms with Crippen molar-refractivity contribution in [1.29, 1.82) is 0 Å². The highest BCUT2D eigenvalue weighted by atomic mass is 32.1. The van der Waals surface area contributed by atoms with Gasteiger partial charge >= 0.3 is 0 Å². The molecule has 0 aliphatic heterocycles. The third kappa shape index (κ3) is 2.71. The van der Waals surface area contributed by atoms with Gasteiger partial charge in [0.15, 0.2) is 0 Å². The smallest absolute Gasteiger partial charge is 0.203 e. The summed E-state index contributed by atoms with van der Waals surface area (Å²) in [5, 5.41) is 4.08. The van der Waals surface area contributed by atoms with Crippen molar-refractivity contribution in [3.8, 4) is 0 Å². The van der Waals surface area contributed by atoms with E-state index in [1.54, 1.807) is 34.4 Å². The zero-order chi connectivity index (χ0) is 12.3. The fraction of sp³-hybridized carbons (Fsp3) is 0.231. The highest BCUT2D eigenvalue weighted by Gasteiger charge is 2.07. The van der Waals surface area contributed by atoms with Crippen molar-refractivity contribution in [2.45, 2.75) is 20.4 Å². The Bertz CT molecular complexity index is 551. The van der Waals surface area contributed by atoms with Crippen molar-refractivity contribution >= 4 is 23.2 Å². The van der Waals surface area contributed by atoms with E-state index in [0.29, 0.717) is 12.2 Å². The molecule has 0 fully saturated rings. The molecule has 0 N–H and O–H groups in total. The minimum absolute atomic E-state index is 0.00426. The number of carbonyl (C=O) groups excluding carboxylic acids is 1. The Morgan fingerprint density at radius 2 is 2.29 bits per heavy atom. The number of hydrogen-bond donors (Lipinski definition) is 0. The van der Waals surface area contributed by atoms with Crippen molar-refractivity contribution in [2.75, 3.05) is 0 Å². The van der Waals surface area contributed by atoms with Crippen molar-refractivity contribution in [3.05, 3.63) is 45.9 Å². The summed E-state index contributed by atoms with van der Waals surface area (Å²) < 4.78 is 1.70. The zero-order valence-corrected chi connectivity index (χ0v) is 10.7. The maximum Gasteiger partial charge on any atom is 0.203 e. The van der Waals surface area contributed by atoms with Crippen molar-refractivity contribution < 1.29 is 4.79 Å². The molecule has 17 heavy (non-hydrogen) atoms. The lowest BCUT2D eigenvalue weighted by Crippen LogP contribution is -2.06. The lowest BCUT2D eigenvalue weighted by Gasteiger charge is -1.99. The summed E-state index contributed by atoms with van der Waals surface area (Å²) in [6, 6.07) is 5.81. The SMILES string of the molecule is CCn1nccc1C(=O)/C=C/c1ccc(C)s1. The minimum Gasteiger partial charge on any atom is -0.288 e. The molecule has 4 heteroatoms. The molecule has 0 saturated heterocycles. The van der Waals surface area contributed by atoms with E-state index in [1.807, 2.05) is 25.1 Å². The molecule has 0 atom stereocenters. The van der Waals surface area contributed by atoms with Crippen molar-refractivity contribution in [3.63, 3.8) is 0 Å². The number of nitrogens with zero attached hydrogens (tertiary/aromatic N) is 2. The molecule has 0 unspecified atom stereocenters. The molecule has 0 bridgehead atoms. The Morgan fingerprint density at radius 1 is 1.47 bits per heavy atom. The first-order valence-electron chi connectivity index (χ1n) is 5.51. The highest BCUT2D eigenvalue weighted by Crippen LogP contribution is 2.16. The average Bonchev–Trinajstić information content (AvgIpc) is 2.94. The van der Waals surface area contributed by atoms with Gasteiger partial charge in [0.1, 0.15) is 5.69 Å². The van der Waals surface area contributed by atoms with E-state index in [1.165, 1.54) is 4.88 Å². The lowest BCUT2D eigenvalue weighted by atomic mass is 10.2. The third-order valence-electron chi connectivity index (χ3n) is 2.43. The molecular formula is C13H14N2OS. The normalized spacial score (nSPS) is 11.2. The van der Waals surface area contributed by atoms with Crippen LogP contribution < -0.4 is 0 Å². The van der Waals surface area contributed by atoms with E-state index in [2.05, 4.69) is 12.0 Å². The van der Waals surface area contributed by atoms with Gasteiger partial charge in [0, 0.05) is 22.5 Å². The van der Waals surface area contributed by atoms with Crippen LogP contribution in [0.3, 0.4) is 0 Å². The van der Waals surface area contributed by atoms with Crippen LogP contribution in [0.2, 0.25) is 0 Å². The van der Waals surface area contributed by atoms with Crippen LogP contribution in [0.4, 0.5) is 0 Å². The molecule has 0 saturated carbocycles. The molecule has 2 aromatic heterocycles. The van der Waals surface area contributed by atoms with Crippen LogP contribution in [0.1, 0.15) is 27.2 Å². The third-order valence-corrected chi connectivity index (χ3v) is 3.39. The second-order valence-corrected chi connectivity index (χ2v) is 5.00. The Labute approximate surface area is 104 Å². The monoisotopic (exact) mass is 246 g/mol. The van der Waals surface area contributed by atoms with Gasteiger partial charge < -0.3 is 0 Å². The number of hydrogen-bond acceptors (Lipinski definition) is 3. The molecule has 88 valence electrons. The Kier molecular flexibility index (Phi) is 3.54. The molecule has 0 spiro atoms. The van der Waals surface area contributed by atoms with Crippen LogP contribution >= 0.6 is 11.3 Å². The van der Waals surface area contributed by atoms with Crippen LogP contribution in [0.5, 0.6) is 0 Å². The van der Waals surface area contributed by atoms with Gasteiger partial charge in [0.25, 0.3) is 0 Å². The second-order valence-electron chi connectivity index (χ2n) is 3.68. The largest absolute Gasteiger partial charge is 0.288 e. The first-order chi connectivity index (χ1) is 8.20. The Balaban J connectivity index is 2.14. The number of ketones is 1. The standard InChI is InChI=1S/C13H14N2OS/c1-3-15-12(8-9-14-15)13(16)7-6-11-5-4-10(2)17-11/h4-9H,3H2,1-2H3/b7-6+. The van der Waals surface area contributed by atoms with E-state index in [4.69, 9.17) is 0 Å². The molecular weight excluding hydrogens is 232 g/mol. The van der Waals surface area contributed by atoms with Gasteiger partial charge in [-0.3, -0.25) is 9.48 Å². The van der Waals surface area contributed by atoms with Gasteiger partial charge in [-0.1, -0.05) is 0 Å². The summed E-state index contributed by atoms with van der Waals surface area (Å²) >= 11 is 1.68. The predicted octanol–water partition coefficient (Wildman–Crippen LogP) is 3.17. The molecule has 2 rings (SSSR count). The molecule has 0 radical (unpaired) electrons. The molecule has 3 nitrogen and oxygen atoms in total. The molecule has 2 aromatic rings. The number of carbonyl (C=O) groups is 1. The summed E-state index contributed by atoms with van der Waals surface area (Å²) in [5.74, 6) is -0.00426. The van der Waals surface area contributed by atoms with Gasteiger partial charge in [0.2, 0.25) is 5.78 Å². The van der Waals surface area contributed by atoms with Gasteiger partial charge in [0.05, 0.1) is 0 Å². The molecule has 0 aliphatic rings. The first-order valence-corrected chi connectivity index (χ1v) is 6.33. The summed E-state index contributed by atoms with van der Waals surface area (Å²) in [7, 11) is 0. The molecule has 2 heterocycles. The summed E-state index contributed by atoms with van der Waals surface area (Å²) in [6.45, 7) is 4.73. The topological polar surface area (TPSA) is 34.9 Å². The van der Waals surface area contributed by atoms with Gasteiger partial charge in [-0.05, 0) is 44.2 Å². The molecule has 0 aromatic carbocycles. The van der Waals surface area contributed by atoms with Crippen molar-refractivity contribution in [2.24, 2.45) is 0 Å². The van der Waals surface area contributed by atoms with Crippen LogP contribution in [0, 0.1) is 6.92 Å². The van der Waals surface area contributed by atoms with Crippen molar-refractivity contribution in [1.82, 2.24) is 9.78 Å². The number of thiophene rings is 1. The van der Waals surface area contributed by atoms with E-state index < -0.39 is 0 Å². The van der Waals surface area contributed by atoms with Crippen LogP contribution in [-0.2, 0) is 6.54 Å². The number of allylic oxidation sites excluding steroid dienone is 1. The first kappa shape index (κ1) is 11.8. The van der Waals surface area contributed by atoms with Crippen LogP contribution in [0.25, 0.3) is 6.08 Å². The van der Waals surface area contributed by atoms with Gasteiger partial charge in [-0.25, -0.2) is 0 Å². The zero-order valence-electron chi connectivity index (χ0n) is 9.88. The lowest BCUT2D eigenvalue weighted by molar-refractivity contribution is 0.103. The molecule has 0 amide bonds. The Hall–Kier alpha value is -1.68. The highest BCUT2D eigenvalue weighted by molar-refractivity contribution is 7.12. The van der Waals surface area contributed by atoms with Crippen LogP contribution in [-0.4, -0.2) is 15.6 Å². The van der Waals surface area contributed by atoms with E-state index >= 15 is 0 Å². The van der Waals surface area contributed by atoms with Crippen LogP contribution in [0.15, 0.2) is 30.5 Å². The molecule has 0 aliphatic carbocycles. The summed E-state index contributed by atoms with van der Waals surface area (Å²) in [5.41, 5.74) is 0.636.